The molecule has 0 aliphatic carbocycles. The molecule has 0 bridgehead atoms. The number of aromatic nitrogens is 2. The number of ether oxygens (including phenoxy) is 1. The van der Waals surface area contributed by atoms with Crippen molar-refractivity contribution in [3.63, 3.8) is 0 Å². The molecule has 144 valence electrons. The molecular formula is C22H21Cl2N3O. The van der Waals surface area contributed by atoms with E-state index in [0.717, 1.165) is 58.1 Å². The van der Waals surface area contributed by atoms with Gasteiger partial charge in [-0.1, -0.05) is 29.3 Å². The molecule has 3 N–H and O–H groups in total. The Morgan fingerprint density at radius 1 is 1.14 bits per heavy atom. The summed E-state index contributed by atoms with van der Waals surface area (Å²) in [5.41, 5.74) is 10.8. The van der Waals surface area contributed by atoms with E-state index in [0.29, 0.717) is 16.6 Å². The van der Waals surface area contributed by atoms with Gasteiger partial charge < -0.3 is 15.5 Å². The van der Waals surface area contributed by atoms with E-state index >= 15 is 0 Å². The second-order valence-electron chi connectivity index (χ2n) is 6.75. The van der Waals surface area contributed by atoms with Crippen molar-refractivity contribution in [1.82, 2.24) is 9.97 Å². The summed E-state index contributed by atoms with van der Waals surface area (Å²) < 4.78 is 5.50. The third-order valence-corrected chi connectivity index (χ3v) is 5.54. The zero-order chi connectivity index (χ0) is 19.7. The lowest BCUT2D eigenvalue weighted by molar-refractivity contribution is 0.419. The molecule has 0 spiro atoms. The van der Waals surface area contributed by atoms with Crippen molar-refractivity contribution in [1.29, 1.82) is 0 Å². The number of benzene rings is 2. The van der Waals surface area contributed by atoms with Crippen LogP contribution < -0.4 is 10.5 Å². The fourth-order valence-corrected chi connectivity index (χ4v) is 4.38. The molecule has 0 radical (unpaired) electrons. The second kappa shape index (κ2) is 8.00. The molecule has 0 fully saturated rings. The van der Waals surface area contributed by atoms with Crippen molar-refractivity contribution in [2.45, 2.75) is 19.3 Å². The SMILES string of the molecule is COc1ccc(-c2[nH]c3cc(Cl)cc(Cl)c3c2CCCCN)c2cccnc12. The standard InChI is InChI=1S/C22H21Cl2N3O/c1-28-19-8-7-15(14-6-4-10-26-22(14)19)21-16(5-2-3-9-25)20-17(24)11-13(23)12-18(20)27-21/h4,6-8,10-12,27H,2-3,5,9,25H2,1H3. The van der Waals surface area contributed by atoms with Gasteiger partial charge in [0.05, 0.1) is 17.8 Å². The Balaban J connectivity index is 1.99. The first kappa shape index (κ1) is 19.1. The third-order valence-electron chi connectivity index (χ3n) is 5.02. The number of fused-ring (bicyclic) bond motifs is 2. The van der Waals surface area contributed by atoms with E-state index in [4.69, 9.17) is 33.7 Å². The Morgan fingerprint density at radius 2 is 2.00 bits per heavy atom. The highest BCUT2D eigenvalue weighted by atomic mass is 35.5. The molecule has 6 heteroatoms. The maximum Gasteiger partial charge on any atom is 0.145 e. The van der Waals surface area contributed by atoms with Gasteiger partial charge in [-0.05, 0) is 61.7 Å². The van der Waals surface area contributed by atoms with E-state index < -0.39 is 0 Å². The summed E-state index contributed by atoms with van der Waals surface area (Å²) >= 11 is 12.8. The van der Waals surface area contributed by atoms with Gasteiger partial charge >= 0.3 is 0 Å². The molecule has 0 saturated heterocycles. The quantitative estimate of drug-likeness (QED) is 0.382. The van der Waals surface area contributed by atoms with Crippen LogP contribution in [0, 0.1) is 0 Å². The van der Waals surface area contributed by atoms with Gasteiger partial charge in [0.1, 0.15) is 11.3 Å². The van der Waals surface area contributed by atoms with Crippen LogP contribution >= 0.6 is 23.2 Å². The molecule has 2 heterocycles. The molecule has 0 aliphatic heterocycles. The average molecular weight is 414 g/mol. The summed E-state index contributed by atoms with van der Waals surface area (Å²) in [4.78, 5) is 8.08. The Morgan fingerprint density at radius 3 is 2.79 bits per heavy atom. The minimum absolute atomic E-state index is 0.611. The summed E-state index contributed by atoms with van der Waals surface area (Å²) in [6.07, 6.45) is 4.60. The lowest BCUT2D eigenvalue weighted by atomic mass is 9.97. The number of aromatic amines is 1. The summed E-state index contributed by atoms with van der Waals surface area (Å²) in [5.74, 6) is 0.751. The van der Waals surface area contributed by atoms with Gasteiger partial charge in [-0.2, -0.15) is 0 Å². The minimum atomic E-state index is 0.611. The highest BCUT2D eigenvalue weighted by molar-refractivity contribution is 6.39. The molecule has 4 aromatic rings. The van der Waals surface area contributed by atoms with Crippen LogP contribution in [0.3, 0.4) is 0 Å². The van der Waals surface area contributed by atoms with Gasteiger partial charge in [0.2, 0.25) is 0 Å². The summed E-state index contributed by atoms with van der Waals surface area (Å²) in [5, 5.41) is 3.31. The number of nitrogens with one attached hydrogen (secondary N) is 1. The van der Waals surface area contributed by atoms with Gasteiger partial charge in [-0.25, -0.2) is 0 Å². The molecular weight excluding hydrogens is 393 g/mol. The van der Waals surface area contributed by atoms with Crippen LogP contribution in [-0.4, -0.2) is 23.6 Å². The second-order valence-corrected chi connectivity index (χ2v) is 7.59. The molecule has 0 amide bonds. The molecule has 4 nitrogen and oxygen atoms in total. The maximum absolute atomic E-state index is 6.59. The van der Waals surface area contributed by atoms with Crippen molar-refractivity contribution >= 4 is 45.0 Å². The van der Waals surface area contributed by atoms with Crippen LogP contribution in [0.4, 0.5) is 0 Å². The average Bonchev–Trinajstić information content (AvgIpc) is 3.05. The van der Waals surface area contributed by atoms with E-state index in [1.54, 1.807) is 19.4 Å². The van der Waals surface area contributed by atoms with E-state index in [9.17, 15) is 0 Å². The summed E-state index contributed by atoms with van der Waals surface area (Å²) in [6, 6.07) is 11.7. The van der Waals surface area contributed by atoms with Crippen molar-refractivity contribution < 1.29 is 4.74 Å². The van der Waals surface area contributed by atoms with Crippen molar-refractivity contribution in [3.05, 3.63) is 58.2 Å². The van der Waals surface area contributed by atoms with E-state index in [1.807, 2.05) is 18.2 Å². The predicted octanol–water partition coefficient (Wildman–Crippen LogP) is 5.98. The number of unbranched alkanes of at least 4 members (excludes halogenated alkanes) is 1. The van der Waals surface area contributed by atoms with Gasteiger partial charge in [-0.15, -0.1) is 0 Å². The minimum Gasteiger partial charge on any atom is -0.494 e. The smallest absolute Gasteiger partial charge is 0.145 e. The number of H-pyrrole nitrogens is 1. The highest BCUT2D eigenvalue weighted by Gasteiger charge is 2.19. The predicted molar refractivity (Wildman–Crippen MR) is 118 cm³/mol. The Bertz CT molecular complexity index is 1150. The normalized spacial score (nSPS) is 11.4. The number of halogens is 2. The van der Waals surface area contributed by atoms with Crippen molar-refractivity contribution in [2.75, 3.05) is 13.7 Å². The van der Waals surface area contributed by atoms with Gasteiger partial charge in [0.15, 0.2) is 0 Å². The van der Waals surface area contributed by atoms with Crippen LogP contribution in [0.25, 0.3) is 33.1 Å². The van der Waals surface area contributed by atoms with Crippen LogP contribution in [-0.2, 0) is 6.42 Å². The van der Waals surface area contributed by atoms with E-state index in [2.05, 4.69) is 22.1 Å². The topological polar surface area (TPSA) is 63.9 Å². The summed E-state index contributed by atoms with van der Waals surface area (Å²) in [7, 11) is 1.66. The van der Waals surface area contributed by atoms with Crippen LogP contribution in [0.5, 0.6) is 5.75 Å². The van der Waals surface area contributed by atoms with Gasteiger partial charge in [-0.3, -0.25) is 4.98 Å². The molecule has 0 atom stereocenters. The lowest BCUT2D eigenvalue weighted by Gasteiger charge is -2.11. The fourth-order valence-electron chi connectivity index (χ4n) is 3.77. The molecule has 0 saturated carbocycles. The number of hydrogen-bond donors (Lipinski definition) is 2. The number of aryl methyl sites for hydroxylation is 1. The zero-order valence-electron chi connectivity index (χ0n) is 15.6. The number of nitrogens with two attached hydrogens (primary N) is 1. The lowest BCUT2D eigenvalue weighted by Crippen LogP contribution is -1.99. The Labute approximate surface area is 173 Å². The monoisotopic (exact) mass is 413 g/mol. The first-order chi connectivity index (χ1) is 13.6. The van der Waals surface area contributed by atoms with Crippen LogP contribution in [0.2, 0.25) is 10.0 Å². The Kier molecular flexibility index (Phi) is 5.44. The molecule has 2 aromatic carbocycles. The highest BCUT2D eigenvalue weighted by Crippen LogP contribution is 2.40. The third kappa shape index (κ3) is 3.32. The van der Waals surface area contributed by atoms with E-state index in [-0.39, 0.29) is 0 Å². The number of nitrogens with zero attached hydrogens (tertiary/aromatic N) is 1. The Hall–Kier alpha value is -2.27. The fraction of sp³-hybridized carbons (Fsp3) is 0.227. The van der Waals surface area contributed by atoms with Gasteiger partial charge in [0, 0.05) is 33.1 Å². The molecule has 2 aromatic heterocycles. The number of pyridine rings is 1. The number of rotatable bonds is 6. The largest absolute Gasteiger partial charge is 0.494 e. The number of hydrogen-bond acceptors (Lipinski definition) is 3. The van der Waals surface area contributed by atoms with Gasteiger partial charge in [0.25, 0.3) is 0 Å². The first-order valence-corrected chi connectivity index (χ1v) is 10.0. The maximum atomic E-state index is 6.59. The van der Waals surface area contributed by atoms with Crippen LogP contribution in [0.1, 0.15) is 18.4 Å². The number of methoxy groups -OCH3 is 1. The van der Waals surface area contributed by atoms with Crippen LogP contribution in [0.15, 0.2) is 42.6 Å². The zero-order valence-corrected chi connectivity index (χ0v) is 17.1. The molecule has 28 heavy (non-hydrogen) atoms. The molecule has 4 rings (SSSR count). The van der Waals surface area contributed by atoms with Crippen molar-refractivity contribution in [3.8, 4) is 17.0 Å². The molecule has 0 aliphatic rings. The molecule has 0 unspecified atom stereocenters. The first-order valence-electron chi connectivity index (χ1n) is 9.25. The summed E-state index contributed by atoms with van der Waals surface area (Å²) in [6.45, 7) is 0.673. The van der Waals surface area contributed by atoms with Crippen molar-refractivity contribution in [2.24, 2.45) is 5.73 Å². The van der Waals surface area contributed by atoms with E-state index in [1.165, 1.54) is 5.56 Å².